The molecule has 0 aliphatic rings. The standard InChI is InChI=1S/C29H60NO5P/c1-4-5-6-7-8-9-10-11-12-13-14-15-16-17-18-19-20-21-24-29(33-28-31)27-35-36(32)34-26-23-22-25-30(2)3/h28-29,32H,4-27H2,1-3H3. The van der Waals surface area contributed by atoms with Crippen molar-refractivity contribution in [1.29, 1.82) is 0 Å². The summed E-state index contributed by atoms with van der Waals surface area (Å²) in [6.45, 7) is 4.43. The minimum atomic E-state index is -1.91. The van der Waals surface area contributed by atoms with E-state index in [9.17, 15) is 9.69 Å². The van der Waals surface area contributed by atoms with Crippen LogP contribution in [-0.2, 0) is 18.6 Å². The fourth-order valence-corrected chi connectivity index (χ4v) is 5.05. The van der Waals surface area contributed by atoms with Gasteiger partial charge in [-0.15, -0.1) is 0 Å². The van der Waals surface area contributed by atoms with Crippen molar-refractivity contribution in [3.63, 3.8) is 0 Å². The average Bonchev–Trinajstić information content (AvgIpc) is 2.86. The number of hydrogen-bond donors (Lipinski definition) is 1. The lowest BCUT2D eigenvalue weighted by molar-refractivity contribution is -0.135. The highest BCUT2D eigenvalue weighted by molar-refractivity contribution is 7.40. The topological polar surface area (TPSA) is 68.2 Å². The molecule has 0 saturated heterocycles. The van der Waals surface area contributed by atoms with Crippen molar-refractivity contribution in [2.75, 3.05) is 33.9 Å². The molecule has 0 aromatic carbocycles. The number of carbonyl (C=O) groups is 1. The number of carbonyl (C=O) groups excluding carboxylic acids is 1. The van der Waals surface area contributed by atoms with Gasteiger partial charge in [-0.05, 0) is 46.3 Å². The third kappa shape index (κ3) is 28.3. The summed E-state index contributed by atoms with van der Waals surface area (Å²) in [7, 11) is 2.17. The molecule has 0 saturated carbocycles. The molecule has 0 aliphatic heterocycles. The molecule has 0 aliphatic carbocycles. The first kappa shape index (κ1) is 35.7. The number of nitrogens with zero attached hydrogens (tertiary/aromatic N) is 1. The van der Waals surface area contributed by atoms with Gasteiger partial charge < -0.3 is 23.6 Å². The molecule has 6 nitrogen and oxygen atoms in total. The molecule has 36 heavy (non-hydrogen) atoms. The van der Waals surface area contributed by atoms with Crippen LogP contribution in [0.2, 0.25) is 0 Å². The van der Waals surface area contributed by atoms with E-state index in [1.54, 1.807) is 0 Å². The molecule has 0 fully saturated rings. The van der Waals surface area contributed by atoms with Crippen LogP contribution in [0.4, 0.5) is 0 Å². The Morgan fingerprint density at radius 2 is 1.17 bits per heavy atom. The summed E-state index contributed by atoms with van der Waals surface area (Å²) in [4.78, 5) is 22.8. The summed E-state index contributed by atoms with van der Waals surface area (Å²) in [5.41, 5.74) is 0. The average molecular weight is 534 g/mol. The molecule has 216 valence electrons. The van der Waals surface area contributed by atoms with Crippen LogP contribution in [0, 0.1) is 0 Å². The van der Waals surface area contributed by atoms with Crippen LogP contribution in [0.3, 0.4) is 0 Å². The molecule has 7 heteroatoms. The van der Waals surface area contributed by atoms with Crippen LogP contribution in [0.15, 0.2) is 0 Å². The van der Waals surface area contributed by atoms with E-state index < -0.39 is 8.60 Å². The Labute approximate surface area is 225 Å². The van der Waals surface area contributed by atoms with Crippen molar-refractivity contribution in [1.82, 2.24) is 4.90 Å². The first-order valence-electron chi connectivity index (χ1n) is 15.1. The van der Waals surface area contributed by atoms with Crippen LogP contribution in [-0.4, -0.2) is 56.2 Å². The van der Waals surface area contributed by atoms with Crippen LogP contribution in [0.5, 0.6) is 0 Å². The summed E-state index contributed by atoms with van der Waals surface area (Å²) in [5, 5.41) is 0. The molecule has 0 amide bonds. The van der Waals surface area contributed by atoms with Crippen LogP contribution in [0.25, 0.3) is 0 Å². The third-order valence-corrected chi connectivity index (χ3v) is 7.47. The number of unbranched alkanes of at least 4 members (excludes halogenated alkanes) is 18. The summed E-state index contributed by atoms with van der Waals surface area (Å²) in [5.74, 6) is 0. The normalized spacial score (nSPS) is 13.2. The zero-order valence-corrected chi connectivity index (χ0v) is 25.0. The largest absolute Gasteiger partial charge is 0.462 e. The van der Waals surface area contributed by atoms with Gasteiger partial charge in [-0.1, -0.05) is 116 Å². The van der Waals surface area contributed by atoms with E-state index in [0.29, 0.717) is 13.1 Å². The summed E-state index contributed by atoms with van der Waals surface area (Å²) in [6, 6.07) is 0. The van der Waals surface area contributed by atoms with Crippen LogP contribution >= 0.6 is 8.60 Å². The molecule has 0 spiro atoms. The minimum Gasteiger partial charge on any atom is -0.462 e. The van der Waals surface area contributed by atoms with Crippen molar-refractivity contribution >= 4 is 15.1 Å². The predicted octanol–water partition coefficient (Wildman–Crippen LogP) is 8.55. The Bertz CT molecular complexity index is 442. The van der Waals surface area contributed by atoms with Crippen LogP contribution in [0.1, 0.15) is 142 Å². The van der Waals surface area contributed by atoms with E-state index in [1.165, 1.54) is 103 Å². The van der Waals surface area contributed by atoms with Gasteiger partial charge in [0.15, 0.2) is 0 Å². The van der Waals surface area contributed by atoms with Gasteiger partial charge in [0.25, 0.3) is 6.47 Å². The van der Waals surface area contributed by atoms with Gasteiger partial charge in [-0.2, -0.15) is 0 Å². The fourth-order valence-electron chi connectivity index (χ4n) is 4.40. The van der Waals surface area contributed by atoms with Crippen molar-refractivity contribution in [3.05, 3.63) is 0 Å². The highest BCUT2D eigenvalue weighted by Gasteiger charge is 2.14. The molecule has 2 atom stereocenters. The SMILES string of the molecule is CCCCCCCCCCCCCCCCCCCCC(COP(O)OCCCCN(C)C)OC=O. The Balaban J connectivity index is 3.46. The van der Waals surface area contributed by atoms with Gasteiger partial charge in [-0.25, -0.2) is 0 Å². The van der Waals surface area contributed by atoms with Gasteiger partial charge in [0.05, 0.1) is 13.2 Å². The smallest absolute Gasteiger partial charge is 0.329 e. The Morgan fingerprint density at radius 1 is 0.694 bits per heavy atom. The minimum absolute atomic E-state index is 0.192. The van der Waals surface area contributed by atoms with E-state index in [4.69, 9.17) is 13.8 Å². The van der Waals surface area contributed by atoms with Gasteiger partial charge in [0, 0.05) is 0 Å². The Morgan fingerprint density at radius 3 is 1.61 bits per heavy atom. The molecule has 2 unspecified atom stereocenters. The van der Waals surface area contributed by atoms with Crippen molar-refractivity contribution in [2.45, 2.75) is 148 Å². The quantitative estimate of drug-likeness (QED) is 0.0567. The second-order valence-corrected chi connectivity index (χ2v) is 11.5. The number of ether oxygens (including phenoxy) is 1. The Kier molecular flexibility index (Phi) is 29.1. The van der Waals surface area contributed by atoms with Crippen LogP contribution < -0.4 is 0 Å². The molecule has 0 bridgehead atoms. The molecule has 0 aromatic rings. The summed E-state index contributed by atoms with van der Waals surface area (Å²) in [6.07, 6.45) is 26.7. The first-order chi connectivity index (χ1) is 17.6. The monoisotopic (exact) mass is 533 g/mol. The molecule has 0 radical (unpaired) electrons. The van der Waals surface area contributed by atoms with Gasteiger partial charge in [0.1, 0.15) is 6.10 Å². The van der Waals surface area contributed by atoms with E-state index in [2.05, 4.69) is 11.8 Å². The maximum atomic E-state index is 10.8. The molecular weight excluding hydrogens is 473 g/mol. The molecule has 0 aromatic heterocycles. The molecular formula is C29H60NO5P. The van der Waals surface area contributed by atoms with E-state index in [0.717, 1.165) is 38.6 Å². The summed E-state index contributed by atoms with van der Waals surface area (Å²) >= 11 is 0. The second-order valence-electron chi connectivity index (χ2n) is 10.5. The predicted molar refractivity (Wildman–Crippen MR) is 153 cm³/mol. The third-order valence-electron chi connectivity index (χ3n) is 6.70. The fraction of sp³-hybridized carbons (Fsp3) is 0.966. The highest BCUT2D eigenvalue weighted by Crippen LogP contribution is 2.33. The molecule has 0 heterocycles. The molecule has 1 N–H and O–H groups in total. The first-order valence-corrected chi connectivity index (χ1v) is 16.2. The van der Waals surface area contributed by atoms with Gasteiger partial charge in [0.2, 0.25) is 0 Å². The lowest BCUT2D eigenvalue weighted by Gasteiger charge is -2.17. The van der Waals surface area contributed by atoms with Gasteiger partial charge >= 0.3 is 8.60 Å². The zero-order valence-electron chi connectivity index (χ0n) is 24.1. The number of rotatable bonds is 30. The second kappa shape index (κ2) is 29.3. The number of hydrogen-bond acceptors (Lipinski definition) is 6. The van der Waals surface area contributed by atoms with Gasteiger partial charge in [-0.3, -0.25) is 4.79 Å². The maximum Gasteiger partial charge on any atom is 0.329 e. The maximum absolute atomic E-state index is 10.8. The van der Waals surface area contributed by atoms with E-state index >= 15 is 0 Å². The van der Waals surface area contributed by atoms with E-state index in [-0.39, 0.29) is 12.7 Å². The van der Waals surface area contributed by atoms with Crippen molar-refractivity contribution in [3.8, 4) is 0 Å². The summed E-state index contributed by atoms with van der Waals surface area (Å²) < 4.78 is 15.8. The lowest BCUT2D eigenvalue weighted by Crippen LogP contribution is -2.18. The zero-order chi connectivity index (χ0) is 26.5. The highest BCUT2D eigenvalue weighted by atomic mass is 31.2. The molecule has 0 rings (SSSR count). The van der Waals surface area contributed by atoms with Crippen molar-refractivity contribution < 1.29 is 23.5 Å². The lowest BCUT2D eigenvalue weighted by atomic mass is 10.0. The van der Waals surface area contributed by atoms with Crippen molar-refractivity contribution in [2.24, 2.45) is 0 Å². The van der Waals surface area contributed by atoms with E-state index in [1.807, 2.05) is 14.1 Å². The Hall–Kier alpha value is -0.260.